The molecule has 0 saturated carbocycles. The number of amides is 2. The zero-order valence-corrected chi connectivity index (χ0v) is 16.3. The Morgan fingerprint density at radius 3 is 2.79 bits per heavy atom. The molecule has 1 aromatic heterocycles. The van der Waals surface area contributed by atoms with Gasteiger partial charge in [-0.05, 0) is 43.2 Å². The van der Waals surface area contributed by atoms with Gasteiger partial charge >= 0.3 is 0 Å². The summed E-state index contributed by atoms with van der Waals surface area (Å²) in [5, 5.41) is 2.89. The highest BCUT2D eigenvalue weighted by atomic mass is 19.1. The monoisotopic (exact) mass is 393 g/mol. The van der Waals surface area contributed by atoms with E-state index in [1.807, 2.05) is 25.1 Å². The number of fused-ring (bicyclic) bond motifs is 1. The summed E-state index contributed by atoms with van der Waals surface area (Å²) in [7, 11) is 1.75. The molecule has 0 radical (unpaired) electrons. The largest absolute Gasteiger partial charge is 0.440 e. The van der Waals surface area contributed by atoms with E-state index in [1.54, 1.807) is 37.1 Å². The Morgan fingerprint density at radius 2 is 2.03 bits per heavy atom. The van der Waals surface area contributed by atoms with Crippen molar-refractivity contribution in [3.05, 3.63) is 70.9 Å². The van der Waals surface area contributed by atoms with Crippen molar-refractivity contribution >= 4 is 17.5 Å². The molecule has 4 rings (SSSR count). The van der Waals surface area contributed by atoms with E-state index < -0.39 is 11.7 Å². The average Bonchev–Trinajstić information content (AvgIpc) is 3.21. The highest BCUT2D eigenvalue weighted by Crippen LogP contribution is 2.30. The molecule has 7 heteroatoms. The summed E-state index contributed by atoms with van der Waals surface area (Å²) in [6.07, 6.45) is 0.356. The van der Waals surface area contributed by atoms with Crippen LogP contribution in [0.25, 0.3) is 11.5 Å². The first-order valence-electron chi connectivity index (χ1n) is 9.27. The summed E-state index contributed by atoms with van der Waals surface area (Å²) in [5.41, 5.74) is 3.03. The van der Waals surface area contributed by atoms with Crippen molar-refractivity contribution in [2.45, 2.75) is 26.3 Å². The van der Waals surface area contributed by atoms with Crippen LogP contribution >= 0.6 is 0 Å². The number of nitrogens with zero attached hydrogens (tertiary/aromatic N) is 2. The maximum absolute atomic E-state index is 14.0. The van der Waals surface area contributed by atoms with Gasteiger partial charge in [-0.25, -0.2) is 9.37 Å². The number of nitrogens with one attached hydrogen (secondary N) is 1. The predicted molar refractivity (Wildman–Crippen MR) is 106 cm³/mol. The van der Waals surface area contributed by atoms with Crippen LogP contribution < -0.4 is 10.2 Å². The fraction of sp³-hybridized carbons (Fsp3) is 0.227. The van der Waals surface area contributed by atoms with Gasteiger partial charge in [0.15, 0.2) is 5.69 Å². The minimum Gasteiger partial charge on any atom is -0.440 e. The number of hydrogen-bond donors (Lipinski definition) is 1. The summed E-state index contributed by atoms with van der Waals surface area (Å²) in [4.78, 5) is 30.4. The lowest BCUT2D eigenvalue weighted by atomic mass is 10.0. The van der Waals surface area contributed by atoms with Crippen molar-refractivity contribution in [2.75, 3.05) is 11.9 Å². The fourth-order valence-corrected chi connectivity index (χ4v) is 3.46. The van der Waals surface area contributed by atoms with Crippen LogP contribution in [-0.2, 0) is 11.2 Å². The summed E-state index contributed by atoms with van der Waals surface area (Å²) < 4.78 is 19.5. The van der Waals surface area contributed by atoms with Crippen LogP contribution in [-0.4, -0.2) is 23.8 Å². The molecule has 1 aliphatic heterocycles. The van der Waals surface area contributed by atoms with Gasteiger partial charge in [-0.15, -0.1) is 0 Å². The van der Waals surface area contributed by atoms with E-state index in [2.05, 4.69) is 10.3 Å². The normalized spacial score (nSPS) is 14.1. The molecule has 0 aliphatic carbocycles. The van der Waals surface area contributed by atoms with E-state index in [9.17, 15) is 14.0 Å². The molecule has 0 saturated heterocycles. The number of hydrogen-bond acceptors (Lipinski definition) is 4. The number of aromatic nitrogens is 1. The summed E-state index contributed by atoms with van der Waals surface area (Å²) >= 11 is 0. The average molecular weight is 393 g/mol. The van der Waals surface area contributed by atoms with E-state index in [0.717, 1.165) is 16.8 Å². The molecule has 0 fully saturated rings. The van der Waals surface area contributed by atoms with Crippen molar-refractivity contribution in [3.63, 3.8) is 0 Å². The maximum atomic E-state index is 14.0. The van der Waals surface area contributed by atoms with E-state index in [1.165, 1.54) is 6.07 Å². The molecule has 2 amide bonds. The van der Waals surface area contributed by atoms with Crippen LogP contribution in [0.3, 0.4) is 0 Å². The van der Waals surface area contributed by atoms with Crippen LogP contribution in [0.2, 0.25) is 0 Å². The van der Waals surface area contributed by atoms with Crippen LogP contribution in [0.5, 0.6) is 0 Å². The fourth-order valence-electron chi connectivity index (χ4n) is 3.46. The zero-order chi connectivity index (χ0) is 20.7. The first kappa shape index (κ1) is 18.9. The number of halogens is 1. The number of anilines is 1. The Labute approximate surface area is 167 Å². The van der Waals surface area contributed by atoms with Gasteiger partial charge in [0.1, 0.15) is 11.6 Å². The topological polar surface area (TPSA) is 75.4 Å². The highest BCUT2D eigenvalue weighted by molar-refractivity contribution is 6.01. The lowest BCUT2D eigenvalue weighted by Gasteiger charge is -2.16. The van der Waals surface area contributed by atoms with Crippen molar-refractivity contribution in [3.8, 4) is 11.5 Å². The van der Waals surface area contributed by atoms with E-state index in [4.69, 9.17) is 4.42 Å². The minimum absolute atomic E-state index is 0.0488. The first-order valence-corrected chi connectivity index (χ1v) is 9.27. The summed E-state index contributed by atoms with van der Waals surface area (Å²) in [6.45, 7) is 3.47. The van der Waals surface area contributed by atoms with Gasteiger partial charge in [-0.1, -0.05) is 24.3 Å². The third-order valence-corrected chi connectivity index (χ3v) is 5.14. The second-order valence-corrected chi connectivity index (χ2v) is 7.12. The van der Waals surface area contributed by atoms with Crippen molar-refractivity contribution in [2.24, 2.45) is 0 Å². The number of carbonyl (C=O) groups excluding carboxylic acids is 2. The number of oxazole rings is 1. The molecule has 1 aliphatic rings. The molecular formula is C22H20FN3O3. The van der Waals surface area contributed by atoms with Gasteiger partial charge in [0.25, 0.3) is 5.91 Å². The molecule has 2 heterocycles. The van der Waals surface area contributed by atoms with E-state index >= 15 is 0 Å². The molecule has 2 aromatic carbocycles. The standard InChI is InChI=1S/C22H20FN3O3/c1-12(14-8-9-18-15(10-14)11-19(27)26(18)3)24-21(28)20-13(2)29-22(25-20)16-6-4-5-7-17(16)23/h4-10,12H,11H2,1-3H3,(H,24,28). The number of likely N-dealkylation sites (N-methyl/N-ethyl adjacent to an activating group) is 1. The van der Waals surface area contributed by atoms with Gasteiger partial charge in [0, 0.05) is 12.7 Å². The molecule has 1 atom stereocenters. The van der Waals surface area contributed by atoms with Crippen LogP contribution in [0.1, 0.15) is 40.3 Å². The Hall–Kier alpha value is -3.48. The third-order valence-electron chi connectivity index (χ3n) is 5.14. The second-order valence-electron chi connectivity index (χ2n) is 7.12. The van der Waals surface area contributed by atoms with Crippen LogP contribution in [0.15, 0.2) is 46.9 Å². The number of aryl methyl sites for hydroxylation is 1. The number of carbonyl (C=O) groups is 2. The minimum atomic E-state index is -0.466. The highest BCUT2D eigenvalue weighted by Gasteiger charge is 2.26. The predicted octanol–water partition coefficient (Wildman–Crippen LogP) is 3.80. The van der Waals surface area contributed by atoms with Crippen LogP contribution in [0.4, 0.5) is 10.1 Å². The lowest BCUT2D eigenvalue weighted by Crippen LogP contribution is -2.27. The van der Waals surface area contributed by atoms with E-state index in [-0.39, 0.29) is 29.1 Å². The van der Waals surface area contributed by atoms with Gasteiger partial charge < -0.3 is 14.6 Å². The molecular weight excluding hydrogens is 373 g/mol. The van der Waals surface area contributed by atoms with Gasteiger partial charge in [-0.2, -0.15) is 0 Å². The second kappa shape index (κ2) is 7.16. The van der Waals surface area contributed by atoms with Gasteiger partial charge in [0.2, 0.25) is 11.8 Å². The van der Waals surface area contributed by atoms with Crippen LogP contribution in [0, 0.1) is 12.7 Å². The van der Waals surface area contributed by atoms with Crippen molar-refractivity contribution in [1.29, 1.82) is 0 Å². The lowest BCUT2D eigenvalue weighted by molar-refractivity contribution is -0.117. The first-order chi connectivity index (χ1) is 13.8. The quantitative estimate of drug-likeness (QED) is 0.732. The van der Waals surface area contributed by atoms with Gasteiger partial charge in [0.05, 0.1) is 18.0 Å². The Morgan fingerprint density at radius 1 is 1.28 bits per heavy atom. The SMILES string of the molecule is Cc1oc(-c2ccccc2F)nc1C(=O)NC(C)c1ccc2c(c1)CC(=O)N2C. The Kier molecular flexibility index (Phi) is 4.66. The Balaban J connectivity index is 1.54. The molecule has 6 nitrogen and oxygen atoms in total. The third kappa shape index (κ3) is 3.40. The smallest absolute Gasteiger partial charge is 0.274 e. The Bertz CT molecular complexity index is 1120. The van der Waals surface area contributed by atoms with E-state index in [0.29, 0.717) is 12.2 Å². The molecule has 29 heavy (non-hydrogen) atoms. The molecule has 148 valence electrons. The zero-order valence-electron chi connectivity index (χ0n) is 16.3. The number of benzene rings is 2. The molecule has 3 aromatic rings. The molecule has 0 bridgehead atoms. The van der Waals surface area contributed by atoms with Crippen molar-refractivity contribution in [1.82, 2.24) is 10.3 Å². The molecule has 0 spiro atoms. The molecule has 1 unspecified atom stereocenters. The van der Waals surface area contributed by atoms with Gasteiger partial charge in [-0.3, -0.25) is 9.59 Å². The number of rotatable bonds is 4. The maximum Gasteiger partial charge on any atom is 0.274 e. The summed E-state index contributed by atoms with van der Waals surface area (Å²) in [6, 6.07) is 11.5. The molecule has 1 N–H and O–H groups in total. The van der Waals surface area contributed by atoms with Crippen molar-refractivity contribution < 1.29 is 18.4 Å². The summed E-state index contributed by atoms with van der Waals surface area (Å²) in [5.74, 6) is -0.443.